The number of nitrogens with one attached hydrogen (secondary N) is 1. The van der Waals surface area contributed by atoms with E-state index in [-0.39, 0.29) is 30.1 Å². The molecule has 4 heterocycles. The minimum atomic E-state index is 0. The summed E-state index contributed by atoms with van der Waals surface area (Å²) < 4.78 is 10.9. The largest absolute Gasteiger partial charge is 0.375 e. The van der Waals surface area contributed by atoms with Gasteiger partial charge in [-0.1, -0.05) is 5.16 Å². The predicted molar refractivity (Wildman–Crippen MR) is 140 cm³/mol. The molecular formula is C23H36IN7O2. The highest BCUT2D eigenvalue weighted by Gasteiger charge is 2.21. The van der Waals surface area contributed by atoms with E-state index in [1.807, 2.05) is 19.2 Å². The zero-order chi connectivity index (χ0) is 22.3. The summed E-state index contributed by atoms with van der Waals surface area (Å²) in [4.78, 5) is 16.6. The SMILES string of the molecule is CCNC(=NCc1ccnc(N2CCOC(C)C2)c1)N1CCN(Cc2cc(C)on2)CC1.I. The van der Waals surface area contributed by atoms with Crippen LogP contribution >= 0.6 is 24.0 Å². The van der Waals surface area contributed by atoms with Crippen molar-refractivity contribution in [3.63, 3.8) is 0 Å². The Morgan fingerprint density at radius 3 is 2.73 bits per heavy atom. The monoisotopic (exact) mass is 569 g/mol. The maximum absolute atomic E-state index is 5.66. The summed E-state index contributed by atoms with van der Waals surface area (Å²) >= 11 is 0. The second-order valence-corrected chi connectivity index (χ2v) is 8.51. The molecule has 1 atom stereocenters. The highest BCUT2D eigenvalue weighted by atomic mass is 127. The van der Waals surface area contributed by atoms with Gasteiger partial charge in [0.25, 0.3) is 0 Å². The molecule has 2 aliphatic heterocycles. The molecule has 1 unspecified atom stereocenters. The molecule has 0 radical (unpaired) electrons. The third-order valence-electron chi connectivity index (χ3n) is 5.86. The number of pyridine rings is 1. The van der Waals surface area contributed by atoms with Crippen LogP contribution in [-0.4, -0.2) is 84.4 Å². The summed E-state index contributed by atoms with van der Waals surface area (Å²) in [6, 6.07) is 6.22. The van der Waals surface area contributed by atoms with Gasteiger partial charge >= 0.3 is 0 Å². The van der Waals surface area contributed by atoms with Gasteiger partial charge in [0, 0.05) is 64.6 Å². The summed E-state index contributed by atoms with van der Waals surface area (Å²) in [6.45, 7) is 14.8. The van der Waals surface area contributed by atoms with Crippen LogP contribution in [0.15, 0.2) is 33.9 Å². The van der Waals surface area contributed by atoms with Crippen LogP contribution in [0, 0.1) is 6.92 Å². The van der Waals surface area contributed by atoms with Crippen molar-refractivity contribution in [1.82, 2.24) is 25.3 Å². The van der Waals surface area contributed by atoms with Crippen molar-refractivity contribution in [1.29, 1.82) is 0 Å². The maximum Gasteiger partial charge on any atom is 0.194 e. The van der Waals surface area contributed by atoms with Crippen LogP contribution in [0.25, 0.3) is 0 Å². The molecule has 2 saturated heterocycles. The van der Waals surface area contributed by atoms with Crippen LogP contribution in [0.2, 0.25) is 0 Å². The molecule has 182 valence electrons. The van der Waals surface area contributed by atoms with Crippen molar-refractivity contribution < 1.29 is 9.26 Å². The summed E-state index contributed by atoms with van der Waals surface area (Å²) in [7, 11) is 0. The lowest BCUT2D eigenvalue weighted by atomic mass is 10.2. The molecule has 0 bridgehead atoms. The number of aromatic nitrogens is 2. The summed E-state index contributed by atoms with van der Waals surface area (Å²) in [5, 5.41) is 7.58. The lowest BCUT2D eigenvalue weighted by Gasteiger charge is -2.36. The molecule has 4 rings (SSSR count). The first-order valence-electron chi connectivity index (χ1n) is 11.6. The number of ether oxygens (including phenoxy) is 1. The minimum absolute atomic E-state index is 0. The van der Waals surface area contributed by atoms with Crippen LogP contribution in [0.3, 0.4) is 0 Å². The fourth-order valence-electron chi connectivity index (χ4n) is 4.19. The van der Waals surface area contributed by atoms with E-state index >= 15 is 0 Å². The molecule has 2 aromatic rings. The molecule has 33 heavy (non-hydrogen) atoms. The number of nitrogens with zero attached hydrogens (tertiary/aromatic N) is 6. The van der Waals surface area contributed by atoms with E-state index in [0.29, 0.717) is 6.54 Å². The average molecular weight is 569 g/mol. The summed E-state index contributed by atoms with van der Waals surface area (Å²) in [6.07, 6.45) is 2.12. The molecule has 1 N–H and O–H groups in total. The van der Waals surface area contributed by atoms with Crippen molar-refractivity contribution in [3.8, 4) is 0 Å². The van der Waals surface area contributed by atoms with Gasteiger partial charge in [0.15, 0.2) is 5.96 Å². The van der Waals surface area contributed by atoms with Crippen molar-refractivity contribution in [3.05, 3.63) is 41.4 Å². The lowest BCUT2D eigenvalue weighted by molar-refractivity contribution is 0.0529. The fraction of sp³-hybridized carbons (Fsp3) is 0.609. The van der Waals surface area contributed by atoms with Gasteiger partial charge in [0.05, 0.1) is 24.9 Å². The Bertz CT molecular complexity index is 898. The van der Waals surface area contributed by atoms with E-state index in [0.717, 1.165) is 82.2 Å². The molecule has 0 spiro atoms. The van der Waals surface area contributed by atoms with E-state index in [2.05, 4.69) is 56.1 Å². The third-order valence-corrected chi connectivity index (χ3v) is 5.86. The smallest absolute Gasteiger partial charge is 0.194 e. The molecule has 9 nitrogen and oxygen atoms in total. The Hall–Kier alpha value is -1.92. The number of rotatable bonds is 6. The van der Waals surface area contributed by atoms with Gasteiger partial charge in [-0.15, -0.1) is 24.0 Å². The molecule has 0 saturated carbocycles. The molecule has 10 heteroatoms. The number of guanidine groups is 1. The zero-order valence-corrected chi connectivity index (χ0v) is 22.2. The van der Waals surface area contributed by atoms with Gasteiger partial charge in [-0.05, 0) is 38.5 Å². The molecule has 0 aromatic carbocycles. The van der Waals surface area contributed by atoms with Crippen molar-refractivity contribution in [2.24, 2.45) is 4.99 Å². The van der Waals surface area contributed by atoms with Crippen LogP contribution < -0.4 is 10.2 Å². The first-order valence-corrected chi connectivity index (χ1v) is 11.6. The second-order valence-electron chi connectivity index (χ2n) is 8.51. The van der Waals surface area contributed by atoms with Crippen molar-refractivity contribution in [2.45, 2.75) is 40.0 Å². The minimum Gasteiger partial charge on any atom is -0.375 e. The molecule has 0 amide bonds. The number of aryl methyl sites for hydroxylation is 1. The fourth-order valence-corrected chi connectivity index (χ4v) is 4.19. The van der Waals surface area contributed by atoms with E-state index in [1.54, 1.807) is 0 Å². The maximum atomic E-state index is 5.66. The Balaban J connectivity index is 0.00000306. The predicted octanol–water partition coefficient (Wildman–Crippen LogP) is 2.50. The molecule has 2 fully saturated rings. The second kappa shape index (κ2) is 12.5. The number of piperazine rings is 1. The number of halogens is 1. The van der Waals surface area contributed by atoms with Crippen molar-refractivity contribution in [2.75, 3.05) is 57.3 Å². The highest BCUT2D eigenvalue weighted by molar-refractivity contribution is 14.0. The Labute approximate surface area is 213 Å². The van der Waals surface area contributed by atoms with Gasteiger partial charge in [0.2, 0.25) is 0 Å². The lowest BCUT2D eigenvalue weighted by Crippen LogP contribution is -2.52. The van der Waals surface area contributed by atoms with Crippen molar-refractivity contribution >= 4 is 35.8 Å². The normalized spacial score (nSPS) is 20.0. The van der Waals surface area contributed by atoms with E-state index in [4.69, 9.17) is 14.3 Å². The first kappa shape index (κ1) is 25.7. The Morgan fingerprint density at radius 2 is 2.03 bits per heavy atom. The molecule has 0 aliphatic carbocycles. The average Bonchev–Trinajstić information content (AvgIpc) is 3.22. The van der Waals surface area contributed by atoms with E-state index in [9.17, 15) is 0 Å². The Morgan fingerprint density at radius 1 is 1.21 bits per heavy atom. The summed E-state index contributed by atoms with van der Waals surface area (Å²) in [5.74, 6) is 2.85. The zero-order valence-electron chi connectivity index (χ0n) is 19.9. The topological polar surface area (TPSA) is 82.3 Å². The summed E-state index contributed by atoms with van der Waals surface area (Å²) in [5.41, 5.74) is 2.17. The first-order chi connectivity index (χ1) is 15.6. The van der Waals surface area contributed by atoms with Crippen LogP contribution in [0.5, 0.6) is 0 Å². The number of anilines is 1. The van der Waals surface area contributed by atoms with Gasteiger partial charge in [-0.25, -0.2) is 9.98 Å². The number of morpholine rings is 1. The number of aliphatic imine (C=N–C) groups is 1. The van der Waals surface area contributed by atoms with E-state index < -0.39 is 0 Å². The Kier molecular flexibility index (Phi) is 9.75. The van der Waals surface area contributed by atoms with Gasteiger partial charge < -0.3 is 24.4 Å². The van der Waals surface area contributed by atoms with Gasteiger partial charge in [0.1, 0.15) is 11.6 Å². The quantitative estimate of drug-likeness (QED) is 0.323. The standard InChI is InChI=1S/C23H35N7O2.HI/c1-4-24-23(29-9-7-28(8-10-29)17-21-13-18(2)32-27-21)26-15-20-5-6-25-22(14-20)30-11-12-31-19(3)16-30;/h5-6,13-14,19H,4,7-12,15-17H2,1-3H3,(H,24,26);1H. The molecule has 2 aromatic heterocycles. The molecule has 2 aliphatic rings. The van der Waals surface area contributed by atoms with Gasteiger partial charge in [-0.2, -0.15) is 0 Å². The third kappa shape index (κ3) is 7.28. The number of hydrogen-bond donors (Lipinski definition) is 1. The van der Waals surface area contributed by atoms with Gasteiger partial charge in [-0.3, -0.25) is 4.90 Å². The number of hydrogen-bond acceptors (Lipinski definition) is 7. The molecular weight excluding hydrogens is 533 g/mol. The van der Waals surface area contributed by atoms with E-state index in [1.165, 1.54) is 5.56 Å². The highest BCUT2D eigenvalue weighted by Crippen LogP contribution is 2.17. The van der Waals surface area contributed by atoms with Crippen LogP contribution in [0.4, 0.5) is 5.82 Å². The van der Waals surface area contributed by atoms with Crippen LogP contribution in [-0.2, 0) is 17.8 Å². The van der Waals surface area contributed by atoms with Crippen LogP contribution in [0.1, 0.15) is 30.9 Å².